The fourth-order valence-electron chi connectivity index (χ4n) is 2.65. The summed E-state index contributed by atoms with van der Waals surface area (Å²) in [5, 5.41) is 4.31. The van der Waals surface area contributed by atoms with Gasteiger partial charge in [-0.05, 0) is 38.1 Å². The van der Waals surface area contributed by atoms with E-state index in [1.165, 1.54) is 4.70 Å². The number of hydrogen-bond donors (Lipinski definition) is 1. The molecule has 1 fully saturated rings. The SMILES string of the molecule is CN(Cc1nc2ccccc2s1)C(=O)C1CCNCC1. The van der Waals surface area contributed by atoms with E-state index in [2.05, 4.69) is 16.4 Å². The lowest BCUT2D eigenvalue weighted by molar-refractivity contribution is -0.135. The monoisotopic (exact) mass is 289 g/mol. The highest BCUT2D eigenvalue weighted by Gasteiger charge is 2.24. The third-order valence-electron chi connectivity index (χ3n) is 3.78. The molecule has 1 saturated heterocycles. The van der Waals surface area contributed by atoms with Gasteiger partial charge in [0.15, 0.2) is 0 Å². The van der Waals surface area contributed by atoms with E-state index in [9.17, 15) is 4.79 Å². The van der Waals surface area contributed by atoms with E-state index in [-0.39, 0.29) is 11.8 Å². The Balaban J connectivity index is 1.68. The van der Waals surface area contributed by atoms with Gasteiger partial charge in [0.2, 0.25) is 5.91 Å². The van der Waals surface area contributed by atoms with Gasteiger partial charge in [-0.1, -0.05) is 12.1 Å². The first-order valence-electron chi connectivity index (χ1n) is 7.04. The summed E-state index contributed by atoms with van der Waals surface area (Å²) in [7, 11) is 1.89. The largest absolute Gasteiger partial charge is 0.339 e. The summed E-state index contributed by atoms with van der Waals surface area (Å²) in [5.41, 5.74) is 1.02. The minimum absolute atomic E-state index is 0.177. The quantitative estimate of drug-likeness (QED) is 0.942. The molecule has 2 heterocycles. The second-order valence-corrected chi connectivity index (χ2v) is 6.41. The van der Waals surface area contributed by atoms with Gasteiger partial charge < -0.3 is 10.2 Å². The minimum Gasteiger partial charge on any atom is -0.339 e. The molecule has 5 heteroatoms. The topological polar surface area (TPSA) is 45.2 Å². The highest BCUT2D eigenvalue weighted by atomic mass is 32.1. The van der Waals surface area contributed by atoms with Crippen LogP contribution in [0.4, 0.5) is 0 Å². The molecular weight excluding hydrogens is 270 g/mol. The lowest BCUT2D eigenvalue weighted by Gasteiger charge is -2.26. The third kappa shape index (κ3) is 2.83. The number of hydrogen-bond acceptors (Lipinski definition) is 4. The van der Waals surface area contributed by atoms with Crippen molar-refractivity contribution in [2.75, 3.05) is 20.1 Å². The Morgan fingerprint density at radius 1 is 1.40 bits per heavy atom. The maximum absolute atomic E-state index is 12.4. The van der Waals surface area contributed by atoms with Crippen LogP contribution in [-0.2, 0) is 11.3 Å². The first kappa shape index (κ1) is 13.5. The van der Waals surface area contributed by atoms with Crippen molar-refractivity contribution in [1.82, 2.24) is 15.2 Å². The fourth-order valence-corrected chi connectivity index (χ4v) is 3.67. The van der Waals surface area contributed by atoms with Crippen molar-refractivity contribution < 1.29 is 4.79 Å². The van der Waals surface area contributed by atoms with E-state index in [0.717, 1.165) is 36.5 Å². The number of thiazole rings is 1. The van der Waals surface area contributed by atoms with Crippen LogP contribution in [0.3, 0.4) is 0 Å². The second kappa shape index (κ2) is 5.89. The van der Waals surface area contributed by atoms with Gasteiger partial charge in [-0.25, -0.2) is 4.98 Å². The van der Waals surface area contributed by atoms with Crippen molar-refractivity contribution in [2.24, 2.45) is 5.92 Å². The molecule has 0 unspecified atom stereocenters. The Morgan fingerprint density at radius 2 is 2.15 bits per heavy atom. The molecule has 1 aliphatic rings. The molecule has 1 amide bonds. The highest BCUT2D eigenvalue weighted by molar-refractivity contribution is 7.18. The number of piperidine rings is 1. The second-order valence-electron chi connectivity index (χ2n) is 5.29. The molecular formula is C15H19N3OS. The molecule has 0 bridgehead atoms. The number of nitrogens with one attached hydrogen (secondary N) is 1. The zero-order chi connectivity index (χ0) is 13.9. The van der Waals surface area contributed by atoms with Crippen molar-refractivity contribution in [3.8, 4) is 0 Å². The Morgan fingerprint density at radius 3 is 2.90 bits per heavy atom. The number of carbonyl (C=O) groups excluding carboxylic acids is 1. The molecule has 4 nitrogen and oxygen atoms in total. The van der Waals surface area contributed by atoms with Crippen LogP contribution in [0.15, 0.2) is 24.3 Å². The standard InChI is InChI=1S/C15H19N3OS/c1-18(15(19)11-6-8-16-9-7-11)10-14-17-12-4-2-3-5-13(12)20-14/h2-5,11,16H,6-10H2,1H3. The Kier molecular flexibility index (Phi) is 3.98. The van der Waals surface area contributed by atoms with Gasteiger partial charge in [0.1, 0.15) is 5.01 Å². The fraction of sp³-hybridized carbons (Fsp3) is 0.467. The molecule has 0 radical (unpaired) electrons. The number of fused-ring (bicyclic) bond motifs is 1. The average Bonchev–Trinajstić information content (AvgIpc) is 2.89. The van der Waals surface area contributed by atoms with E-state index in [0.29, 0.717) is 6.54 Å². The molecule has 3 rings (SSSR count). The normalized spacial score (nSPS) is 16.4. The molecule has 0 saturated carbocycles. The number of para-hydroxylation sites is 1. The highest BCUT2D eigenvalue weighted by Crippen LogP contribution is 2.23. The Bertz CT molecular complexity index is 571. The summed E-state index contributed by atoms with van der Waals surface area (Å²) >= 11 is 1.67. The number of rotatable bonds is 3. The van der Waals surface area contributed by atoms with Crippen LogP contribution in [0.1, 0.15) is 17.8 Å². The predicted molar refractivity (Wildman–Crippen MR) is 81.7 cm³/mol. The number of benzene rings is 1. The van der Waals surface area contributed by atoms with Gasteiger partial charge in [0.25, 0.3) is 0 Å². The zero-order valence-corrected chi connectivity index (χ0v) is 12.4. The van der Waals surface area contributed by atoms with Crippen LogP contribution in [0.25, 0.3) is 10.2 Å². The molecule has 0 aliphatic carbocycles. The van der Waals surface area contributed by atoms with Crippen molar-refractivity contribution >= 4 is 27.5 Å². The molecule has 106 valence electrons. The first-order chi connectivity index (χ1) is 9.74. The van der Waals surface area contributed by atoms with Gasteiger partial charge in [0, 0.05) is 13.0 Å². The summed E-state index contributed by atoms with van der Waals surface area (Å²) in [4.78, 5) is 18.8. The first-order valence-corrected chi connectivity index (χ1v) is 7.86. The van der Waals surface area contributed by atoms with Crippen LogP contribution in [0.5, 0.6) is 0 Å². The van der Waals surface area contributed by atoms with Crippen molar-refractivity contribution in [3.05, 3.63) is 29.3 Å². The number of aromatic nitrogens is 1. The van der Waals surface area contributed by atoms with Crippen molar-refractivity contribution in [3.63, 3.8) is 0 Å². The van der Waals surface area contributed by atoms with Crippen molar-refractivity contribution in [1.29, 1.82) is 0 Å². The molecule has 1 aromatic carbocycles. The summed E-state index contributed by atoms with van der Waals surface area (Å²) in [6, 6.07) is 8.11. The van der Waals surface area contributed by atoms with Gasteiger partial charge in [0.05, 0.1) is 16.8 Å². The molecule has 1 aliphatic heterocycles. The van der Waals surface area contributed by atoms with Gasteiger partial charge in [-0.2, -0.15) is 0 Å². The van der Waals surface area contributed by atoms with Crippen LogP contribution < -0.4 is 5.32 Å². The van der Waals surface area contributed by atoms with Gasteiger partial charge in [-0.15, -0.1) is 11.3 Å². The summed E-state index contributed by atoms with van der Waals surface area (Å²) < 4.78 is 1.19. The molecule has 20 heavy (non-hydrogen) atoms. The van der Waals surface area contributed by atoms with E-state index in [4.69, 9.17) is 0 Å². The van der Waals surface area contributed by atoms with Crippen LogP contribution in [0.2, 0.25) is 0 Å². The van der Waals surface area contributed by atoms with Crippen LogP contribution in [0, 0.1) is 5.92 Å². The minimum atomic E-state index is 0.177. The van der Waals surface area contributed by atoms with E-state index in [1.54, 1.807) is 11.3 Å². The van der Waals surface area contributed by atoms with Gasteiger partial charge >= 0.3 is 0 Å². The van der Waals surface area contributed by atoms with E-state index < -0.39 is 0 Å². The summed E-state index contributed by atoms with van der Waals surface area (Å²) in [5.74, 6) is 0.432. The smallest absolute Gasteiger partial charge is 0.225 e. The third-order valence-corrected chi connectivity index (χ3v) is 4.80. The molecule has 2 aromatic rings. The maximum Gasteiger partial charge on any atom is 0.225 e. The number of amides is 1. The Hall–Kier alpha value is -1.46. The molecule has 1 aromatic heterocycles. The summed E-state index contributed by atoms with van der Waals surface area (Å²) in [6.07, 6.45) is 1.89. The zero-order valence-electron chi connectivity index (χ0n) is 11.6. The lowest BCUT2D eigenvalue weighted by atomic mass is 9.97. The Labute approximate surface area is 122 Å². The molecule has 0 spiro atoms. The van der Waals surface area contributed by atoms with Crippen molar-refractivity contribution in [2.45, 2.75) is 19.4 Å². The average molecular weight is 289 g/mol. The lowest BCUT2D eigenvalue weighted by Crippen LogP contribution is -2.38. The van der Waals surface area contributed by atoms with Gasteiger partial charge in [-0.3, -0.25) is 4.79 Å². The van der Waals surface area contributed by atoms with Crippen LogP contribution in [-0.4, -0.2) is 35.9 Å². The van der Waals surface area contributed by atoms with Crippen LogP contribution >= 0.6 is 11.3 Å². The number of carbonyl (C=O) groups is 1. The maximum atomic E-state index is 12.4. The van der Waals surface area contributed by atoms with E-state index >= 15 is 0 Å². The number of nitrogens with zero attached hydrogens (tertiary/aromatic N) is 2. The molecule has 1 N–H and O–H groups in total. The summed E-state index contributed by atoms with van der Waals surface area (Å²) in [6.45, 7) is 2.51. The molecule has 0 atom stereocenters. The predicted octanol–water partition coefficient (Wildman–Crippen LogP) is 2.25. The van der Waals surface area contributed by atoms with E-state index in [1.807, 2.05) is 30.1 Å².